The van der Waals surface area contributed by atoms with Crippen LogP contribution in [0.25, 0.3) is 0 Å². The number of carbonyl (C=O) groups is 1. The molecule has 1 heterocycles. The molecule has 1 aliphatic heterocycles. The van der Waals surface area contributed by atoms with E-state index < -0.39 is 5.60 Å². The highest BCUT2D eigenvalue weighted by atomic mass is 79.9. The van der Waals surface area contributed by atoms with E-state index in [-0.39, 0.29) is 10.7 Å². The maximum absolute atomic E-state index is 11.4. The molecular weight excluding hydrogens is 222 g/mol. The highest BCUT2D eigenvalue weighted by Gasteiger charge is 2.40. The monoisotopic (exact) mass is 235 g/mol. The molecule has 1 saturated heterocycles. The van der Waals surface area contributed by atoms with Crippen LogP contribution in [-0.4, -0.2) is 39.4 Å². The fourth-order valence-corrected chi connectivity index (χ4v) is 1.59. The molecule has 1 unspecified atom stereocenters. The summed E-state index contributed by atoms with van der Waals surface area (Å²) in [6, 6.07) is 0. The lowest BCUT2D eigenvalue weighted by Gasteiger charge is -2.44. The van der Waals surface area contributed by atoms with Gasteiger partial charge < -0.3 is 10.0 Å². The van der Waals surface area contributed by atoms with Crippen LogP contribution in [-0.2, 0) is 4.79 Å². The SMILES string of the molecule is CCC(Br)C(=O)N1CC(C)(O)C1. The van der Waals surface area contributed by atoms with E-state index in [4.69, 9.17) is 0 Å². The standard InChI is InChI=1S/C8H14BrNO2/c1-3-6(9)7(11)10-4-8(2,12)5-10/h6,12H,3-5H2,1-2H3. The van der Waals surface area contributed by atoms with Gasteiger partial charge in [0.25, 0.3) is 0 Å². The average Bonchev–Trinajstić information content (AvgIpc) is 1.97. The van der Waals surface area contributed by atoms with E-state index in [1.54, 1.807) is 11.8 Å². The van der Waals surface area contributed by atoms with Gasteiger partial charge in [0, 0.05) is 0 Å². The van der Waals surface area contributed by atoms with Gasteiger partial charge in [-0.25, -0.2) is 0 Å². The first-order chi connectivity index (χ1) is 5.46. The number of halogens is 1. The maximum Gasteiger partial charge on any atom is 0.236 e. The third-order valence-corrected chi connectivity index (χ3v) is 3.04. The minimum atomic E-state index is -0.657. The van der Waals surface area contributed by atoms with Gasteiger partial charge >= 0.3 is 0 Å². The number of aliphatic hydroxyl groups is 1. The van der Waals surface area contributed by atoms with E-state index in [1.807, 2.05) is 6.92 Å². The van der Waals surface area contributed by atoms with Crippen LogP contribution < -0.4 is 0 Å². The Morgan fingerprint density at radius 1 is 1.75 bits per heavy atom. The van der Waals surface area contributed by atoms with Crippen LogP contribution in [0.5, 0.6) is 0 Å². The van der Waals surface area contributed by atoms with Crippen molar-refractivity contribution < 1.29 is 9.90 Å². The van der Waals surface area contributed by atoms with Crippen LogP contribution in [0.1, 0.15) is 20.3 Å². The van der Waals surface area contributed by atoms with Crippen molar-refractivity contribution in [2.75, 3.05) is 13.1 Å². The first-order valence-electron chi connectivity index (χ1n) is 4.11. The third kappa shape index (κ3) is 1.98. The van der Waals surface area contributed by atoms with Gasteiger partial charge in [0.15, 0.2) is 0 Å². The molecule has 70 valence electrons. The first-order valence-corrected chi connectivity index (χ1v) is 5.03. The third-order valence-electron chi connectivity index (χ3n) is 2.00. The Kier molecular flexibility index (Phi) is 2.78. The number of β-amino-alcohol motifs (C(OH)–C–C–N with tert-alkyl or cyclic N) is 1. The van der Waals surface area contributed by atoms with Gasteiger partial charge in [-0.05, 0) is 13.3 Å². The molecule has 1 atom stereocenters. The number of nitrogens with zero attached hydrogens (tertiary/aromatic N) is 1. The van der Waals surface area contributed by atoms with E-state index in [1.165, 1.54) is 0 Å². The number of carbonyl (C=O) groups excluding carboxylic acids is 1. The van der Waals surface area contributed by atoms with Gasteiger partial charge in [-0.15, -0.1) is 0 Å². The molecule has 1 rings (SSSR count). The number of amides is 1. The minimum Gasteiger partial charge on any atom is -0.386 e. The predicted octanol–water partition coefficient (Wildman–Crippen LogP) is 0.753. The molecular formula is C8H14BrNO2. The second-order valence-electron chi connectivity index (χ2n) is 3.57. The summed E-state index contributed by atoms with van der Waals surface area (Å²) in [6.07, 6.45) is 0.789. The molecule has 1 fully saturated rings. The van der Waals surface area contributed by atoms with Gasteiger partial charge in [0.1, 0.15) is 0 Å². The summed E-state index contributed by atoms with van der Waals surface area (Å²) in [6.45, 7) is 4.63. The fraction of sp³-hybridized carbons (Fsp3) is 0.875. The number of hydrogen-bond donors (Lipinski definition) is 1. The quantitative estimate of drug-likeness (QED) is 0.719. The molecule has 1 aliphatic rings. The highest BCUT2D eigenvalue weighted by molar-refractivity contribution is 9.10. The number of likely N-dealkylation sites (tertiary alicyclic amines) is 1. The molecule has 4 heteroatoms. The molecule has 0 aromatic rings. The van der Waals surface area contributed by atoms with Crippen molar-refractivity contribution in [3.8, 4) is 0 Å². The Bertz CT molecular complexity index is 185. The normalized spacial score (nSPS) is 23.2. The summed E-state index contributed by atoms with van der Waals surface area (Å²) in [5.74, 6) is 0.0871. The number of alkyl halides is 1. The molecule has 12 heavy (non-hydrogen) atoms. The summed E-state index contributed by atoms with van der Waals surface area (Å²) < 4.78 is 0. The van der Waals surface area contributed by atoms with Gasteiger partial charge in [0.05, 0.1) is 23.5 Å². The van der Waals surface area contributed by atoms with E-state index in [9.17, 15) is 9.90 Å². The minimum absolute atomic E-state index is 0.0871. The summed E-state index contributed by atoms with van der Waals surface area (Å²) in [4.78, 5) is 13.0. The van der Waals surface area contributed by atoms with Crippen molar-refractivity contribution in [1.29, 1.82) is 0 Å². The molecule has 1 N–H and O–H groups in total. The van der Waals surface area contributed by atoms with Crippen LogP contribution in [0.4, 0.5) is 0 Å². The predicted molar refractivity (Wildman–Crippen MR) is 50.2 cm³/mol. The van der Waals surface area contributed by atoms with E-state index in [0.717, 1.165) is 6.42 Å². The Hall–Kier alpha value is -0.0900. The molecule has 0 aromatic heterocycles. The van der Waals surface area contributed by atoms with Crippen LogP contribution in [0, 0.1) is 0 Å². The average molecular weight is 236 g/mol. The van der Waals surface area contributed by atoms with Crippen molar-refractivity contribution in [2.24, 2.45) is 0 Å². The molecule has 0 radical (unpaired) electrons. The Morgan fingerprint density at radius 3 is 2.58 bits per heavy atom. The van der Waals surface area contributed by atoms with E-state index in [2.05, 4.69) is 15.9 Å². The molecule has 0 bridgehead atoms. The number of hydrogen-bond acceptors (Lipinski definition) is 2. The number of rotatable bonds is 2. The van der Waals surface area contributed by atoms with E-state index >= 15 is 0 Å². The zero-order valence-corrected chi connectivity index (χ0v) is 8.97. The molecule has 1 amide bonds. The maximum atomic E-state index is 11.4. The Labute approximate surface area is 80.9 Å². The van der Waals surface area contributed by atoms with Crippen molar-refractivity contribution in [1.82, 2.24) is 4.90 Å². The van der Waals surface area contributed by atoms with Gasteiger partial charge in [-0.1, -0.05) is 22.9 Å². The van der Waals surface area contributed by atoms with Gasteiger partial charge in [-0.2, -0.15) is 0 Å². The molecule has 0 aliphatic carbocycles. The van der Waals surface area contributed by atoms with Crippen LogP contribution in [0.2, 0.25) is 0 Å². The topological polar surface area (TPSA) is 40.5 Å². The first kappa shape index (κ1) is 9.99. The van der Waals surface area contributed by atoms with Crippen molar-refractivity contribution in [3.63, 3.8) is 0 Å². The van der Waals surface area contributed by atoms with Gasteiger partial charge in [-0.3, -0.25) is 4.79 Å². The smallest absolute Gasteiger partial charge is 0.236 e. The summed E-state index contributed by atoms with van der Waals surface area (Å²) >= 11 is 3.28. The molecule has 3 nitrogen and oxygen atoms in total. The second kappa shape index (κ2) is 3.34. The second-order valence-corrected chi connectivity index (χ2v) is 4.67. The van der Waals surface area contributed by atoms with Crippen molar-refractivity contribution >= 4 is 21.8 Å². The van der Waals surface area contributed by atoms with Crippen LogP contribution in [0.15, 0.2) is 0 Å². The lowest BCUT2D eigenvalue weighted by atomic mass is 9.96. The Morgan fingerprint density at radius 2 is 2.25 bits per heavy atom. The van der Waals surface area contributed by atoms with Crippen LogP contribution in [0.3, 0.4) is 0 Å². The van der Waals surface area contributed by atoms with Gasteiger partial charge in [0.2, 0.25) is 5.91 Å². The fourth-order valence-electron chi connectivity index (χ4n) is 1.30. The van der Waals surface area contributed by atoms with Crippen LogP contribution >= 0.6 is 15.9 Å². The van der Waals surface area contributed by atoms with E-state index in [0.29, 0.717) is 13.1 Å². The summed E-state index contributed by atoms with van der Waals surface area (Å²) in [5.41, 5.74) is -0.657. The van der Waals surface area contributed by atoms with Crippen molar-refractivity contribution in [3.05, 3.63) is 0 Å². The largest absolute Gasteiger partial charge is 0.386 e. The molecule has 0 aromatic carbocycles. The lowest BCUT2D eigenvalue weighted by molar-refractivity contribution is -0.151. The zero-order valence-electron chi connectivity index (χ0n) is 7.38. The molecule has 0 spiro atoms. The summed E-state index contributed by atoms with van der Waals surface area (Å²) in [5, 5.41) is 9.38. The summed E-state index contributed by atoms with van der Waals surface area (Å²) in [7, 11) is 0. The lowest BCUT2D eigenvalue weighted by Crippen LogP contribution is -2.63. The Balaban J connectivity index is 2.38. The zero-order chi connectivity index (χ0) is 9.35. The highest BCUT2D eigenvalue weighted by Crippen LogP contribution is 2.22. The molecule has 0 saturated carbocycles. The van der Waals surface area contributed by atoms with Crippen molar-refractivity contribution in [2.45, 2.75) is 30.7 Å².